The Morgan fingerprint density at radius 2 is 1.71 bits per heavy atom. The van der Waals surface area contributed by atoms with E-state index in [1.54, 1.807) is 16.4 Å². The Labute approximate surface area is 155 Å². The van der Waals surface area contributed by atoms with Gasteiger partial charge in [-0.15, -0.1) is 0 Å². The molecular weight excluding hydrogens is 433 g/mol. The standard InChI is InChI=1S/C19H16INO2S/c1-13-6-8-16(9-7-13)24(22,23)21-11-15-10-14-4-2-3-5-17(14)19(20)18(15)12-21/h2-10H,11-12H2,1H3. The summed E-state index contributed by atoms with van der Waals surface area (Å²) in [5, 5.41) is 2.35. The van der Waals surface area contributed by atoms with Gasteiger partial charge in [0, 0.05) is 16.7 Å². The summed E-state index contributed by atoms with van der Waals surface area (Å²) >= 11 is 2.34. The fourth-order valence-corrected chi connectivity index (χ4v) is 5.56. The van der Waals surface area contributed by atoms with E-state index in [1.165, 1.54) is 5.39 Å². The molecule has 0 aliphatic carbocycles. The van der Waals surface area contributed by atoms with Crippen LogP contribution in [0.3, 0.4) is 0 Å². The van der Waals surface area contributed by atoms with Crippen molar-refractivity contribution in [1.29, 1.82) is 0 Å². The maximum Gasteiger partial charge on any atom is 0.243 e. The monoisotopic (exact) mass is 449 g/mol. The number of halogens is 1. The fourth-order valence-electron chi connectivity index (χ4n) is 3.16. The van der Waals surface area contributed by atoms with Crippen molar-refractivity contribution in [1.82, 2.24) is 4.31 Å². The van der Waals surface area contributed by atoms with Crippen molar-refractivity contribution in [2.24, 2.45) is 0 Å². The van der Waals surface area contributed by atoms with Gasteiger partial charge in [-0.1, -0.05) is 42.0 Å². The Hall–Kier alpha value is -1.44. The van der Waals surface area contributed by atoms with Crippen LogP contribution < -0.4 is 0 Å². The van der Waals surface area contributed by atoms with Gasteiger partial charge in [0.25, 0.3) is 0 Å². The van der Waals surface area contributed by atoms with Crippen molar-refractivity contribution < 1.29 is 8.42 Å². The largest absolute Gasteiger partial charge is 0.243 e. The molecule has 0 aromatic heterocycles. The van der Waals surface area contributed by atoms with Crippen LogP contribution in [0.1, 0.15) is 16.7 Å². The van der Waals surface area contributed by atoms with Crippen LogP contribution in [0, 0.1) is 10.5 Å². The number of fused-ring (bicyclic) bond motifs is 2. The van der Waals surface area contributed by atoms with Gasteiger partial charge in [-0.3, -0.25) is 0 Å². The van der Waals surface area contributed by atoms with Gasteiger partial charge < -0.3 is 0 Å². The highest BCUT2D eigenvalue weighted by atomic mass is 127. The second-order valence-corrected chi connectivity index (χ2v) is 9.15. The number of hydrogen-bond acceptors (Lipinski definition) is 2. The molecule has 5 heteroatoms. The quantitative estimate of drug-likeness (QED) is 0.542. The summed E-state index contributed by atoms with van der Waals surface area (Å²) in [5.74, 6) is 0. The molecule has 3 aromatic carbocycles. The number of benzene rings is 3. The lowest BCUT2D eigenvalue weighted by molar-refractivity contribution is 0.431. The SMILES string of the molecule is Cc1ccc(S(=O)(=O)N2Cc3cc4ccccc4c(I)c3C2)cc1. The molecule has 1 aliphatic rings. The van der Waals surface area contributed by atoms with Crippen LogP contribution in [-0.4, -0.2) is 12.7 Å². The summed E-state index contributed by atoms with van der Waals surface area (Å²) in [6.45, 7) is 2.83. The van der Waals surface area contributed by atoms with Crippen LogP contribution >= 0.6 is 22.6 Å². The van der Waals surface area contributed by atoms with E-state index in [9.17, 15) is 8.42 Å². The van der Waals surface area contributed by atoms with Gasteiger partial charge in [-0.2, -0.15) is 4.31 Å². The highest BCUT2D eigenvalue weighted by molar-refractivity contribution is 14.1. The van der Waals surface area contributed by atoms with Crippen LogP contribution in [0.5, 0.6) is 0 Å². The lowest BCUT2D eigenvalue weighted by atomic mass is 10.0. The van der Waals surface area contributed by atoms with E-state index in [4.69, 9.17) is 0 Å². The Morgan fingerprint density at radius 3 is 2.46 bits per heavy atom. The van der Waals surface area contributed by atoms with Crippen LogP contribution in [0.2, 0.25) is 0 Å². The summed E-state index contributed by atoms with van der Waals surface area (Å²) in [7, 11) is -3.47. The summed E-state index contributed by atoms with van der Waals surface area (Å²) < 4.78 is 28.6. The third kappa shape index (κ3) is 2.55. The molecule has 3 aromatic rings. The lowest BCUT2D eigenvalue weighted by Crippen LogP contribution is -2.25. The summed E-state index contributed by atoms with van der Waals surface area (Å²) in [4.78, 5) is 0.362. The van der Waals surface area contributed by atoms with Gasteiger partial charge in [0.15, 0.2) is 0 Å². The van der Waals surface area contributed by atoms with Gasteiger partial charge in [0.1, 0.15) is 0 Å². The van der Waals surface area contributed by atoms with E-state index in [0.29, 0.717) is 18.0 Å². The van der Waals surface area contributed by atoms with Crippen LogP contribution in [0.15, 0.2) is 59.5 Å². The van der Waals surface area contributed by atoms with Gasteiger partial charge >= 0.3 is 0 Å². The minimum Gasteiger partial charge on any atom is -0.207 e. The first-order valence-corrected chi connectivity index (χ1v) is 10.2. The van der Waals surface area contributed by atoms with Crippen molar-refractivity contribution in [2.75, 3.05) is 0 Å². The zero-order valence-electron chi connectivity index (χ0n) is 13.2. The first kappa shape index (κ1) is 16.1. The van der Waals surface area contributed by atoms with Crippen molar-refractivity contribution in [3.8, 4) is 0 Å². The lowest BCUT2D eigenvalue weighted by Gasteiger charge is -2.15. The van der Waals surface area contributed by atoms with Crippen LogP contribution in [0.4, 0.5) is 0 Å². The predicted molar refractivity (Wildman–Crippen MR) is 104 cm³/mol. The normalized spacial score (nSPS) is 14.9. The van der Waals surface area contributed by atoms with Gasteiger partial charge in [-0.05, 0) is 69.6 Å². The molecule has 4 rings (SSSR count). The molecule has 122 valence electrons. The minimum absolute atomic E-state index is 0.362. The smallest absolute Gasteiger partial charge is 0.207 e. The third-order valence-electron chi connectivity index (χ3n) is 4.52. The van der Waals surface area contributed by atoms with Gasteiger partial charge in [0.2, 0.25) is 10.0 Å². The number of sulfonamides is 1. The second kappa shape index (κ2) is 5.82. The predicted octanol–water partition coefficient (Wildman–Crippen LogP) is 4.46. The molecule has 0 amide bonds. The molecule has 0 atom stereocenters. The molecule has 0 radical (unpaired) electrons. The number of hydrogen-bond donors (Lipinski definition) is 0. The fraction of sp³-hybridized carbons (Fsp3) is 0.158. The molecule has 0 fully saturated rings. The van der Waals surface area contributed by atoms with Crippen molar-refractivity contribution in [3.63, 3.8) is 0 Å². The molecule has 3 nitrogen and oxygen atoms in total. The van der Waals surface area contributed by atoms with E-state index in [0.717, 1.165) is 25.6 Å². The molecular formula is C19H16INO2S. The first-order chi connectivity index (χ1) is 11.5. The second-order valence-electron chi connectivity index (χ2n) is 6.14. The molecule has 0 bridgehead atoms. The highest BCUT2D eigenvalue weighted by Crippen LogP contribution is 2.35. The Morgan fingerprint density at radius 1 is 1.00 bits per heavy atom. The number of rotatable bonds is 2. The zero-order chi connectivity index (χ0) is 16.9. The maximum absolute atomic E-state index is 12.9. The average Bonchev–Trinajstić information content (AvgIpc) is 3.01. The molecule has 0 saturated heterocycles. The first-order valence-electron chi connectivity index (χ1n) is 7.72. The molecule has 24 heavy (non-hydrogen) atoms. The molecule has 0 N–H and O–H groups in total. The van der Waals surface area contributed by atoms with Gasteiger partial charge in [-0.25, -0.2) is 8.42 Å². The van der Waals surface area contributed by atoms with E-state index in [-0.39, 0.29) is 0 Å². The van der Waals surface area contributed by atoms with Gasteiger partial charge in [0.05, 0.1) is 4.90 Å². The van der Waals surface area contributed by atoms with Crippen LogP contribution in [-0.2, 0) is 23.1 Å². The number of aryl methyl sites for hydroxylation is 1. The van der Waals surface area contributed by atoms with E-state index in [1.807, 2.05) is 31.2 Å². The maximum atomic E-state index is 12.9. The number of nitrogens with zero attached hydrogens (tertiary/aromatic N) is 1. The Bertz CT molecular complexity index is 1040. The topological polar surface area (TPSA) is 37.4 Å². The summed E-state index contributed by atoms with van der Waals surface area (Å²) in [6, 6.07) is 17.4. The van der Waals surface area contributed by atoms with E-state index in [2.05, 4.69) is 40.8 Å². The van der Waals surface area contributed by atoms with Crippen molar-refractivity contribution in [2.45, 2.75) is 24.9 Å². The van der Waals surface area contributed by atoms with Crippen LogP contribution in [0.25, 0.3) is 10.8 Å². The molecule has 1 heterocycles. The van der Waals surface area contributed by atoms with E-state index < -0.39 is 10.0 Å². The Kier molecular flexibility index (Phi) is 3.89. The minimum atomic E-state index is -3.47. The molecule has 0 unspecified atom stereocenters. The molecule has 0 saturated carbocycles. The molecule has 0 spiro atoms. The summed E-state index contributed by atoms with van der Waals surface area (Å²) in [6.07, 6.45) is 0. The van der Waals surface area contributed by atoms with Crippen molar-refractivity contribution in [3.05, 3.63) is 74.9 Å². The average molecular weight is 449 g/mol. The molecule has 1 aliphatic heterocycles. The highest BCUT2D eigenvalue weighted by Gasteiger charge is 2.32. The zero-order valence-corrected chi connectivity index (χ0v) is 16.1. The third-order valence-corrected chi connectivity index (χ3v) is 7.56. The Balaban J connectivity index is 1.76. The van der Waals surface area contributed by atoms with Crippen molar-refractivity contribution >= 4 is 43.4 Å². The summed E-state index contributed by atoms with van der Waals surface area (Å²) in [5.41, 5.74) is 3.29. The van der Waals surface area contributed by atoms with E-state index >= 15 is 0 Å².